The lowest BCUT2D eigenvalue weighted by molar-refractivity contribution is -0.00546. The highest BCUT2D eigenvalue weighted by Crippen LogP contribution is 2.18. The van der Waals surface area contributed by atoms with Gasteiger partial charge < -0.3 is 19.5 Å². The van der Waals surface area contributed by atoms with E-state index in [0.29, 0.717) is 17.9 Å². The number of anilines is 1. The van der Waals surface area contributed by atoms with Gasteiger partial charge in [-0.05, 0) is 32.4 Å². The largest absolute Gasteiger partial charge is 0.372 e. The second-order valence-electron chi connectivity index (χ2n) is 6.78. The van der Waals surface area contributed by atoms with Gasteiger partial charge in [0.05, 0.1) is 30.0 Å². The van der Waals surface area contributed by atoms with Gasteiger partial charge in [-0.15, -0.1) is 0 Å². The predicted molar refractivity (Wildman–Crippen MR) is 98.1 cm³/mol. The minimum absolute atomic E-state index is 0.169. The smallest absolute Gasteiger partial charge is 0.253 e. The van der Waals surface area contributed by atoms with Crippen LogP contribution in [0.4, 0.5) is 5.82 Å². The molecule has 2 atom stereocenters. The number of pyridine rings is 1. The fourth-order valence-corrected chi connectivity index (χ4v) is 3.15. The molecule has 2 aromatic heterocycles. The van der Waals surface area contributed by atoms with Crippen molar-refractivity contribution in [2.75, 3.05) is 18.0 Å². The average molecular weight is 358 g/mol. The molecule has 0 radical (unpaired) electrons. The van der Waals surface area contributed by atoms with Crippen LogP contribution in [0.25, 0.3) is 0 Å². The molecule has 0 aromatic carbocycles. The van der Waals surface area contributed by atoms with Crippen molar-refractivity contribution in [3.63, 3.8) is 0 Å². The lowest BCUT2D eigenvalue weighted by atomic mass is 10.2. The summed E-state index contributed by atoms with van der Waals surface area (Å²) >= 11 is 0. The summed E-state index contributed by atoms with van der Waals surface area (Å²) in [6, 6.07) is 5.56. The highest BCUT2D eigenvalue weighted by Gasteiger charge is 2.23. The molecule has 3 heterocycles. The van der Waals surface area contributed by atoms with Gasteiger partial charge in [0.15, 0.2) is 5.76 Å². The van der Waals surface area contributed by atoms with Gasteiger partial charge in [-0.3, -0.25) is 4.79 Å². The third-order valence-electron chi connectivity index (χ3n) is 4.29. The zero-order valence-electron chi connectivity index (χ0n) is 15.6. The Balaban J connectivity index is 1.56. The molecule has 3 rings (SSSR count). The molecule has 1 aliphatic rings. The van der Waals surface area contributed by atoms with Crippen LogP contribution in [-0.2, 0) is 17.7 Å². The van der Waals surface area contributed by atoms with Crippen LogP contribution in [0.2, 0.25) is 0 Å². The fourth-order valence-electron chi connectivity index (χ4n) is 3.15. The number of amides is 1. The Morgan fingerprint density at radius 3 is 2.73 bits per heavy atom. The van der Waals surface area contributed by atoms with Crippen molar-refractivity contribution in [1.82, 2.24) is 15.5 Å². The van der Waals surface area contributed by atoms with Gasteiger partial charge in [0.25, 0.3) is 5.91 Å². The van der Waals surface area contributed by atoms with Crippen molar-refractivity contribution < 1.29 is 14.1 Å². The standard InChI is InChI=1S/C19H26N4O3/c1-4-5-16-8-17(26-22-16)10-21-19(24)15-6-7-18(20-9-15)23-11-13(2)25-14(3)12-23/h6-9,13-14H,4-5,10-12H2,1-3H3,(H,21,24)/t13-,14+. The molecule has 1 aliphatic heterocycles. The maximum Gasteiger partial charge on any atom is 0.253 e. The fraction of sp³-hybridized carbons (Fsp3) is 0.526. The van der Waals surface area contributed by atoms with Crippen molar-refractivity contribution in [2.45, 2.75) is 52.4 Å². The molecule has 0 spiro atoms. The average Bonchev–Trinajstić information content (AvgIpc) is 3.07. The zero-order valence-corrected chi connectivity index (χ0v) is 15.6. The van der Waals surface area contributed by atoms with Gasteiger partial charge in [0, 0.05) is 25.4 Å². The van der Waals surface area contributed by atoms with E-state index in [4.69, 9.17) is 9.26 Å². The molecule has 1 N–H and O–H groups in total. The van der Waals surface area contributed by atoms with Gasteiger partial charge in [-0.1, -0.05) is 18.5 Å². The maximum atomic E-state index is 12.3. The second kappa shape index (κ2) is 8.31. The summed E-state index contributed by atoms with van der Waals surface area (Å²) in [5.74, 6) is 1.34. The predicted octanol–water partition coefficient (Wildman–Crippen LogP) is 2.57. The van der Waals surface area contributed by atoms with Crippen LogP contribution in [-0.4, -0.2) is 41.3 Å². The summed E-state index contributed by atoms with van der Waals surface area (Å²) in [4.78, 5) is 18.9. The van der Waals surface area contributed by atoms with Gasteiger partial charge in [0.1, 0.15) is 5.82 Å². The van der Waals surface area contributed by atoms with Crippen LogP contribution in [0, 0.1) is 0 Å². The Bertz CT molecular complexity index is 719. The van der Waals surface area contributed by atoms with Crippen molar-refractivity contribution in [3.05, 3.63) is 41.4 Å². The third kappa shape index (κ3) is 4.60. The number of aryl methyl sites for hydroxylation is 1. The molecule has 1 saturated heterocycles. The molecule has 0 unspecified atom stereocenters. The van der Waals surface area contributed by atoms with Crippen molar-refractivity contribution in [3.8, 4) is 0 Å². The van der Waals surface area contributed by atoms with E-state index in [1.165, 1.54) is 0 Å². The number of hydrogen-bond acceptors (Lipinski definition) is 6. The summed E-state index contributed by atoms with van der Waals surface area (Å²) in [5.41, 5.74) is 1.44. The molecule has 26 heavy (non-hydrogen) atoms. The van der Waals surface area contributed by atoms with Crippen LogP contribution in [0.1, 0.15) is 49.0 Å². The molecular formula is C19H26N4O3. The quantitative estimate of drug-likeness (QED) is 0.855. The normalized spacial score (nSPS) is 20.2. The Morgan fingerprint density at radius 1 is 1.31 bits per heavy atom. The van der Waals surface area contributed by atoms with Crippen LogP contribution in [0.15, 0.2) is 28.9 Å². The molecule has 0 bridgehead atoms. The lowest BCUT2D eigenvalue weighted by Gasteiger charge is -2.36. The first kappa shape index (κ1) is 18.4. The van der Waals surface area contributed by atoms with Gasteiger partial charge >= 0.3 is 0 Å². The molecular weight excluding hydrogens is 332 g/mol. The van der Waals surface area contributed by atoms with Gasteiger partial charge in [0.2, 0.25) is 0 Å². The highest BCUT2D eigenvalue weighted by molar-refractivity contribution is 5.93. The Kier molecular flexibility index (Phi) is 5.88. The molecule has 0 aliphatic carbocycles. The van der Waals surface area contributed by atoms with Crippen LogP contribution < -0.4 is 10.2 Å². The number of rotatable bonds is 6. The number of nitrogens with one attached hydrogen (secondary N) is 1. The van der Waals surface area contributed by atoms with Crippen molar-refractivity contribution in [1.29, 1.82) is 0 Å². The molecule has 7 nitrogen and oxygen atoms in total. The monoisotopic (exact) mass is 358 g/mol. The maximum absolute atomic E-state index is 12.3. The van der Waals surface area contributed by atoms with E-state index in [1.807, 2.05) is 12.1 Å². The number of carbonyl (C=O) groups excluding carboxylic acids is 1. The highest BCUT2D eigenvalue weighted by atomic mass is 16.5. The summed E-state index contributed by atoms with van der Waals surface area (Å²) in [6.07, 6.45) is 3.84. The van der Waals surface area contributed by atoms with Crippen LogP contribution in [0.5, 0.6) is 0 Å². The number of aromatic nitrogens is 2. The Labute approximate surface area is 153 Å². The van der Waals surface area contributed by atoms with E-state index in [9.17, 15) is 4.79 Å². The molecule has 1 fully saturated rings. The van der Waals surface area contributed by atoms with Gasteiger partial charge in [-0.2, -0.15) is 0 Å². The molecule has 2 aromatic rings. The van der Waals surface area contributed by atoms with Crippen molar-refractivity contribution in [2.24, 2.45) is 0 Å². The third-order valence-corrected chi connectivity index (χ3v) is 4.29. The summed E-state index contributed by atoms with van der Waals surface area (Å²) in [7, 11) is 0. The minimum Gasteiger partial charge on any atom is -0.372 e. The van der Waals surface area contributed by atoms with E-state index in [2.05, 4.69) is 41.1 Å². The minimum atomic E-state index is -0.179. The summed E-state index contributed by atoms with van der Waals surface area (Å²) < 4.78 is 11.0. The first-order chi connectivity index (χ1) is 12.5. The molecule has 140 valence electrons. The Hall–Kier alpha value is -2.41. The molecule has 1 amide bonds. The Morgan fingerprint density at radius 2 is 2.08 bits per heavy atom. The van der Waals surface area contributed by atoms with Crippen LogP contribution >= 0.6 is 0 Å². The lowest BCUT2D eigenvalue weighted by Crippen LogP contribution is -2.45. The SMILES string of the molecule is CCCc1cc(CNC(=O)c2ccc(N3C[C@@H](C)O[C@@H](C)C3)nc2)on1. The van der Waals surface area contributed by atoms with Gasteiger partial charge in [-0.25, -0.2) is 4.98 Å². The van der Waals surface area contributed by atoms with E-state index < -0.39 is 0 Å². The van der Waals surface area contributed by atoms with E-state index in [0.717, 1.165) is 37.4 Å². The topological polar surface area (TPSA) is 80.5 Å². The number of carbonyl (C=O) groups is 1. The van der Waals surface area contributed by atoms with Crippen LogP contribution in [0.3, 0.4) is 0 Å². The first-order valence-electron chi connectivity index (χ1n) is 9.14. The number of morpholine rings is 1. The zero-order chi connectivity index (χ0) is 18.5. The molecule has 0 saturated carbocycles. The first-order valence-corrected chi connectivity index (χ1v) is 9.14. The molecule has 7 heteroatoms. The second-order valence-corrected chi connectivity index (χ2v) is 6.78. The number of hydrogen-bond donors (Lipinski definition) is 1. The van der Waals surface area contributed by atoms with E-state index in [-0.39, 0.29) is 18.1 Å². The van der Waals surface area contributed by atoms with E-state index in [1.54, 1.807) is 12.3 Å². The summed E-state index contributed by atoms with van der Waals surface area (Å²) in [6.45, 7) is 8.11. The van der Waals surface area contributed by atoms with Crippen molar-refractivity contribution >= 4 is 11.7 Å². The van der Waals surface area contributed by atoms with E-state index >= 15 is 0 Å². The number of ether oxygens (including phenoxy) is 1. The summed E-state index contributed by atoms with van der Waals surface area (Å²) in [5, 5.41) is 6.82. The number of nitrogens with zero attached hydrogens (tertiary/aromatic N) is 3.